The molecule has 1 spiro atoms. The smallest absolute Gasteiger partial charge is 0.325 e. The molecule has 0 radical (unpaired) electrons. The molecule has 0 bridgehead atoms. The predicted octanol–water partition coefficient (Wildman–Crippen LogP) is 3.05. The van der Waals surface area contributed by atoms with Gasteiger partial charge in [0.15, 0.2) is 5.78 Å². The summed E-state index contributed by atoms with van der Waals surface area (Å²) < 4.78 is 18.6. The normalized spacial score (nSPS) is 19.8. The highest BCUT2D eigenvalue weighted by molar-refractivity contribution is 6.11. The number of hydrogen-bond acceptors (Lipinski definition) is 4. The van der Waals surface area contributed by atoms with E-state index in [4.69, 9.17) is 4.74 Å². The fourth-order valence-corrected chi connectivity index (χ4v) is 3.79. The van der Waals surface area contributed by atoms with Gasteiger partial charge in [-0.1, -0.05) is 32.1 Å². The molecule has 1 saturated heterocycles. The quantitative estimate of drug-likeness (QED) is 0.660. The van der Waals surface area contributed by atoms with E-state index in [1.54, 1.807) is 0 Å². The molecule has 1 N–H and O–H groups in total. The van der Waals surface area contributed by atoms with E-state index in [1.165, 1.54) is 19.2 Å². The van der Waals surface area contributed by atoms with Crippen LogP contribution in [0.2, 0.25) is 0 Å². The Hall–Kier alpha value is -2.44. The fourth-order valence-electron chi connectivity index (χ4n) is 3.79. The van der Waals surface area contributed by atoms with E-state index in [9.17, 15) is 18.8 Å². The maximum Gasteiger partial charge on any atom is 0.325 e. The predicted molar refractivity (Wildman–Crippen MR) is 92.6 cm³/mol. The number of ether oxygens (including phenoxy) is 1. The lowest BCUT2D eigenvalue weighted by molar-refractivity contribution is -0.131. The molecule has 3 amide bonds. The molecule has 1 saturated carbocycles. The summed E-state index contributed by atoms with van der Waals surface area (Å²) in [5, 5.41) is 2.81. The first-order chi connectivity index (χ1) is 12.5. The molecule has 140 valence electrons. The van der Waals surface area contributed by atoms with Crippen molar-refractivity contribution in [1.82, 2.24) is 10.2 Å². The first-order valence-electron chi connectivity index (χ1n) is 8.98. The van der Waals surface area contributed by atoms with Crippen molar-refractivity contribution in [2.75, 3.05) is 13.7 Å². The second-order valence-corrected chi connectivity index (χ2v) is 6.94. The number of ketones is 1. The van der Waals surface area contributed by atoms with Crippen LogP contribution in [0, 0.1) is 5.82 Å². The van der Waals surface area contributed by atoms with Gasteiger partial charge in [-0.15, -0.1) is 0 Å². The molecule has 26 heavy (non-hydrogen) atoms. The molecule has 1 aromatic rings. The maximum atomic E-state index is 13.5. The van der Waals surface area contributed by atoms with Gasteiger partial charge in [-0.2, -0.15) is 0 Å². The number of Topliss-reactive ketones (excluding diaryl/α,β-unsaturated/α-hetero) is 1. The van der Waals surface area contributed by atoms with Crippen molar-refractivity contribution in [3.63, 3.8) is 0 Å². The third-order valence-corrected chi connectivity index (χ3v) is 5.22. The van der Waals surface area contributed by atoms with Gasteiger partial charge in [0.05, 0.1) is 19.2 Å². The highest BCUT2D eigenvalue weighted by atomic mass is 19.1. The monoisotopic (exact) mass is 362 g/mol. The van der Waals surface area contributed by atoms with Crippen LogP contribution in [-0.4, -0.2) is 41.8 Å². The molecule has 0 aromatic heterocycles. The van der Waals surface area contributed by atoms with Crippen LogP contribution in [0.5, 0.6) is 5.75 Å². The number of amides is 3. The van der Waals surface area contributed by atoms with Gasteiger partial charge >= 0.3 is 6.03 Å². The van der Waals surface area contributed by atoms with E-state index in [1.807, 2.05) is 0 Å². The molecule has 3 rings (SSSR count). The molecule has 1 heterocycles. The van der Waals surface area contributed by atoms with Crippen molar-refractivity contribution in [2.45, 2.75) is 50.5 Å². The number of hydrogen-bond donors (Lipinski definition) is 1. The molecule has 0 atom stereocenters. The lowest BCUT2D eigenvalue weighted by atomic mass is 9.84. The Balaban J connectivity index is 1.79. The second kappa shape index (κ2) is 7.43. The minimum atomic E-state index is -0.899. The number of benzene rings is 1. The third-order valence-electron chi connectivity index (χ3n) is 5.22. The van der Waals surface area contributed by atoms with Gasteiger partial charge < -0.3 is 10.1 Å². The maximum absolute atomic E-state index is 13.5. The van der Waals surface area contributed by atoms with Crippen LogP contribution in [0.15, 0.2) is 18.2 Å². The van der Waals surface area contributed by atoms with E-state index in [0.717, 1.165) is 43.1 Å². The summed E-state index contributed by atoms with van der Waals surface area (Å²) in [6, 6.07) is 3.04. The SMILES string of the molecule is COc1ccc(F)cc1C(=O)CN1C(=O)NC2(CCCCCCC2)C1=O. The molecular formula is C19H23FN2O4. The number of carbonyl (C=O) groups is 3. The number of methoxy groups -OCH3 is 1. The summed E-state index contributed by atoms with van der Waals surface area (Å²) in [7, 11) is 1.38. The Morgan fingerprint density at radius 2 is 1.85 bits per heavy atom. The summed E-state index contributed by atoms with van der Waals surface area (Å²) in [6.07, 6.45) is 6.11. The summed E-state index contributed by atoms with van der Waals surface area (Å²) >= 11 is 0. The highest BCUT2D eigenvalue weighted by Crippen LogP contribution is 2.32. The first kappa shape index (κ1) is 18.4. The summed E-state index contributed by atoms with van der Waals surface area (Å²) in [5.41, 5.74) is -0.879. The fraction of sp³-hybridized carbons (Fsp3) is 0.526. The number of urea groups is 1. The zero-order valence-electron chi connectivity index (χ0n) is 14.8. The van der Waals surface area contributed by atoms with Crippen LogP contribution in [0.1, 0.15) is 55.3 Å². The number of imide groups is 1. The number of nitrogens with zero attached hydrogens (tertiary/aromatic N) is 1. The summed E-state index contributed by atoms with van der Waals surface area (Å²) in [6.45, 7) is -0.424. The molecule has 1 aliphatic carbocycles. The Bertz CT molecular complexity index is 726. The Morgan fingerprint density at radius 3 is 2.50 bits per heavy atom. The number of nitrogens with one attached hydrogen (secondary N) is 1. The molecule has 2 aliphatic rings. The van der Waals surface area contributed by atoms with Crippen molar-refractivity contribution in [3.8, 4) is 5.75 Å². The van der Waals surface area contributed by atoms with Gasteiger partial charge in [-0.3, -0.25) is 14.5 Å². The first-order valence-corrected chi connectivity index (χ1v) is 8.98. The van der Waals surface area contributed by atoms with Crippen LogP contribution < -0.4 is 10.1 Å². The van der Waals surface area contributed by atoms with Crippen LogP contribution in [0.25, 0.3) is 0 Å². The zero-order chi connectivity index (χ0) is 18.7. The molecule has 0 unspecified atom stereocenters. The summed E-state index contributed by atoms with van der Waals surface area (Å²) in [5.74, 6) is -1.26. The van der Waals surface area contributed by atoms with Crippen LogP contribution in [0.4, 0.5) is 9.18 Å². The van der Waals surface area contributed by atoms with Crippen molar-refractivity contribution < 1.29 is 23.5 Å². The average molecular weight is 362 g/mol. The molecule has 1 aliphatic heterocycles. The number of halogens is 1. The van der Waals surface area contributed by atoms with Gasteiger partial charge in [0.2, 0.25) is 0 Å². The average Bonchev–Trinajstić information content (AvgIpc) is 2.83. The lowest BCUT2D eigenvalue weighted by Crippen LogP contribution is -2.47. The van der Waals surface area contributed by atoms with E-state index < -0.39 is 29.7 Å². The standard InChI is InChI=1S/C19H23FN2O4/c1-26-16-8-7-13(20)11-14(16)15(23)12-22-17(24)19(21-18(22)25)9-5-3-2-4-6-10-19/h7-8,11H,2-6,9-10,12H2,1H3,(H,21,25). The molecule has 7 heteroatoms. The van der Waals surface area contributed by atoms with Crippen LogP contribution in [-0.2, 0) is 4.79 Å². The van der Waals surface area contributed by atoms with Gasteiger partial charge in [-0.05, 0) is 31.0 Å². The summed E-state index contributed by atoms with van der Waals surface area (Å²) in [4.78, 5) is 38.9. The van der Waals surface area contributed by atoms with Gasteiger partial charge in [0, 0.05) is 0 Å². The Kier molecular flexibility index (Phi) is 5.25. The largest absolute Gasteiger partial charge is 0.496 e. The van der Waals surface area contributed by atoms with Gasteiger partial charge in [0.1, 0.15) is 17.1 Å². The third kappa shape index (κ3) is 3.43. The zero-order valence-corrected chi connectivity index (χ0v) is 14.8. The Labute approximate surface area is 151 Å². The molecule has 6 nitrogen and oxygen atoms in total. The minimum Gasteiger partial charge on any atom is -0.496 e. The van der Waals surface area contributed by atoms with Crippen molar-refractivity contribution in [1.29, 1.82) is 0 Å². The Morgan fingerprint density at radius 1 is 1.19 bits per heavy atom. The van der Waals surface area contributed by atoms with Gasteiger partial charge in [0.25, 0.3) is 5.91 Å². The molecule has 2 fully saturated rings. The van der Waals surface area contributed by atoms with E-state index in [2.05, 4.69) is 5.32 Å². The van der Waals surface area contributed by atoms with E-state index in [-0.39, 0.29) is 17.2 Å². The van der Waals surface area contributed by atoms with E-state index >= 15 is 0 Å². The van der Waals surface area contributed by atoms with Crippen LogP contribution in [0.3, 0.4) is 0 Å². The van der Waals surface area contributed by atoms with Gasteiger partial charge in [-0.25, -0.2) is 9.18 Å². The number of carbonyl (C=O) groups excluding carboxylic acids is 3. The lowest BCUT2D eigenvalue weighted by Gasteiger charge is -2.28. The second-order valence-electron chi connectivity index (χ2n) is 6.94. The molecular weight excluding hydrogens is 339 g/mol. The molecule has 1 aromatic carbocycles. The minimum absolute atomic E-state index is 0.0201. The van der Waals surface area contributed by atoms with Crippen molar-refractivity contribution in [2.24, 2.45) is 0 Å². The van der Waals surface area contributed by atoms with Crippen molar-refractivity contribution >= 4 is 17.7 Å². The topological polar surface area (TPSA) is 75.7 Å². The number of rotatable bonds is 4. The van der Waals surface area contributed by atoms with Crippen molar-refractivity contribution in [3.05, 3.63) is 29.6 Å². The highest BCUT2D eigenvalue weighted by Gasteiger charge is 2.50. The van der Waals surface area contributed by atoms with E-state index in [0.29, 0.717) is 12.8 Å². The van der Waals surface area contributed by atoms with Crippen LogP contribution >= 0.6 is 0 Å².